The fraction of sp³-hybridized carbons (Fsp3) is 0.263. The van der Waals surface area contributed by atoms with E-state index in [1.807, 2.05) is 30.3 Å². The van der Waals surface area contributed by atoms with Crippen molar-refractivity contribution in [2.45, 2.75) is 19.4 Å². The van der Waals surface area contributed by atoms with E-state index >= 15 is 0 Å². The summed E-state index contributed by atoms with van der Waals surface area (Å²) in [5.74, 6) is -2.57. The van der Waals surface area contributed by atoms with Gasteiger partial charge in [0.05, 0.1) is 10.9 Å². The zero-order valence-corrected chi connectivity index (χ0v) is 14.9. The number of halogens is 2. The van der Waals surface area contributed by atoms with Crippen LogP contribution in [0, 0.1) is 11.7 Å². The van der Waals surface area contributed by atoms with Gasteiger partial charge >= 0.3 is 5.97 Å². The van der Waals surface area contributed by atoms with Gasteiger partial charge in [-0.1, -0.05) is 41.9 Å². The summed E-state index contributed by atoms with van der Waals surface area (Å²) in [6.07, 6.45) is -0.612. The number of rotatable bonds is 8. The van der Waals surface area contributed by atoms with Crippen LogP contribution in [0.25, 0.3) is 0 Å². The summed E-state index contributed by atoms with van der Waals surface area (Å²) in [4.78, 5) is 23.6. The molecular formula is C19H19ClFNO4. The Kier molecular flexibility index (Phi) is 6.97. The fourth-order valence-corrected chi connectivity index (χ4v) is 2.54. The lowest BCUT2D eigenvalue weighted by Gasteiger charge is -2.18. The molecule has 2 aromatic rings. The maximum Gasteiger partial charge on any atom is 0.308 e. The Bertz CT molecular complexity index is 769. The Morgan fingerprint density at radius 3 is 2.54 bits per heavy atom. The number of aliphatic carboxylic acids is 1. The normalized spacial score (nSPS) is 12.9. The third-order valence-corrected chi connectivity index (χ3v) is 4.06. The zero-order valence-electron chi connectivity index (χ0n) is 14.1. The van der Waals surface area contributed by atoms with Gasteiger partial charge in [-0.05, 0) is 37.1 Å². The van der Waals surface area contributed by atoms with Gasteiger partial charge in [-0.2, -0.15) is 0 Å². The number of carbonyl (C=O) groups excluding carboxylic acids is 1. The molecule has 138 valence electrons. The van der Waals surface area contributed by atoms with Crippen LogP contribution in [0.5, 0.6) is 5.75 Å². The van der Waals surface area contributed by atoms with Crippen LogP contribution in [0.1, 0.15) is 12.5 Å². The highest BCUT2D eigenvalue weighted by Gasteiger charge is 2.22. The second kappa shape index (κ2) is 9.20. The summed E-state index contributed by atoms with van der Waals surface area (Å²) in [5, 5.41) is 12.0. The van der Waals surface area contributed by atoms with Gasteiger partial charge in [0, 0.05) is 6.54 Å². The molecule has 0 fully saturated rings. The molecule has 0 saturated heterocycles. The molecule has 2 unspecified atom stereocenters. The van der Waals surface area contributed by atoms with Gasteiger partial charge in [-0.25, -0.2) is 4.39 Å². The van der Waals surface area contributed by atoms with Crippen molar-refractivity contribution in [3.8, 4) is 5.75 Å². The molecule has 0 bridgehead atoms. The SMILES string of the molecule is CC(Oc1ccc(F)cc1Cl)C(=O)NCC(Cc1ccccc1)C(=O)O. The number of carboxylic acid groups (broad SMARTS) is 1. The van der Waals surface area contributed by atoms with E-state index in [1.54, 1.807) is 0 Å². The third-order valence-electron chi connectivity index (χ3n) is 3.76. The Labute approximate surface area is 155 Å². The molecule has 2 N–H and O–H groups in total. The Balaban J connectivity index is 1.91. The smallest absolute Gasteiger partial charge is 0.308 e. The van der Waals surface area contributed by atoms with Crippen LogP contribution in [0.2, 0.25) is 5.02 Å². The van der Waals surface area contributed by atoms with Crippen molar-refractivity contribution in [2.24, 2.45) is 5.92 Å². The molecule has 0 heterocycles. The van der Waals surface area contributed by atoms with Gasteiger partial charge < -0.3 is 15.2 Å². The van der Waals surface area contributed by atoms with E-state index in [4.69, 9.17) is 16.3 Å². The summed E-state index contributed by atoms with van der Waals surface area (Å²) in [5.41, 5.74) is 0.872. The molecular weight excluding hydrogens is 361 g/mol. The number of benzene rings is 2. The molecule has 5 nitrogen and oxygen atoms in total. The van der Waals surface area contributed by atoms with Crippen LogP contribution < -0.4 is 10.1 Å². The maximum absolute atomic E-state index is 13.0. The largest absolute Gasteiger partial charge is 0.481 e. The Hall–Kier alpha value is -2.60. The number of hydrogen-bond donors (Lipinski definition) is 2. The van der Waals surface area contributed by atoms with Crippen molar-refractivity contribution >= 4 is 23.5 Å². The van der Waals surface area contributed by atoms with Gasteiger partial charge in [0.25, 0.3) is 5.91 Å². The quantitative estimate of drug-likeness (QED) is 0.737. The molecule has 2 aromatic carbocycles. The minimum Gasteiger partial charge on any atom is -0.481 e. The van der Waals surface area contributed by atoms with E-state index in [0.717, 1.165) is 11.6 Å². The van der Waals surface area contributed by atoms with Crippen molar-refractivity contribution in [1.82, 2.24) is 5.32 Å². The molecule has 0 radical (unpaired) electrons. The van der Waals surface area contributed by atoms with E-state index in [-0.39, 0.29) is 17.3 Å². The third kappa shape index (κ3) is 5.74. The van der Waals surface area contributed by atoms with Crippen LogP contribution in [-0.4, -0.2) is 29.6 Å². The second-order valence-corrected chi connectivity index (χ2v) is 6.21. The molecule has 0 aliphatic heterocycles. The average Bonchev–Trinajstić information content (AvgIpc) is 2.61. The maximum atomic E-state index is 13.0. The highest BCUT2D eigenvalue weighted by Crippen LogP contribution is 2.25. The fourth-order valence-electron chi connectivity index (χ4n) is 2.33. The Morgan fingerprint density at radius 2 is 1.92 bits per heavy atom. The van der Waals surface area contributed by atoms with E-state index in [1.165, 1.54) is 19.1 Å². The van der Waals surface area contributed by atoms with E-state index < -0.39 is 29.7 Å². The van der Waals surface area contributed by atoms with Crippen molar-refractivity contribution < 1.29 is 23.8 Å². The first-order valence-electron chi connectivity index (χ1n) is 8.03. The topological polar surface area (TPSA) is 75.6 Å². The highest BCUT2D eigenvalue weighted by molar-refractivity contribution is 6.32. The summed E-state index contributed by atoms with van der Waals surface area (Å²) < 4.78 is 18.4. The number of carboxylic acids is 1. The summed E-state index contributed by atoms with van der Waals surface area (Å²) >= 11 is 5.86. The van der Waals surface area contributed by atoms with Crippen LogP contribution in [0.4, 0.5) is 4.39 Å². The minimum absolute atomic E-state index is 0.0338. The average molecular weight is 380 g/mol. The lowest BCUT2D eigenvalue weighted by molar-refractivity contribution is -0.141. The summed E-state index contributed by atoms with van der Waals surface area (Å²) in [7, 11) is 0. The van der Waals surface area contributed by atoms with Crippen LogP contribution in [0.15, 0.2) is 48.5 Å². The predicted molar refractivity (Wildman–Crippen MR) is 95.8 cm³/mol. The standard InChI is InChI=1S/C19H19ClFNO4/c1-12(26-17-8-7-15(21)10-16(17)20)18(23)22-11-14(19(24)25)9-13-5-3-2-4-6-13/h2-8,10,12,14H,9,11H2,1H3,(H,22,23)(H,24,25). The number of hydrogen-bond acceptors (Lipinski definition) is 3. The Morgan fingerprint density at radius 1 is 1.23 bits per heavy atom. The predicted octanol–water partition coefficient (Wildman–Crippen LogP) is 3.31. The van der Waals surface area contributed by atoms with Crippen molar-refractivity contribution in [3.05, 3.63) is 64.9 Å². The first-order valence-corrected chi connectivity index (χ1v) is 8.40. The van der Waals surface area contributed by atoms with Gasteiger partial charge in [0.1, 0.15) is 11.6 Å². The van der Waals surface area contributed by atoms with Crippen molar-refractivity contribution in [2.75, 3.05) is 6.54 Å². The molecule has 0 aromatic heterocycles. The number of carbonyl (C=O) groups is 2. The lowest BCUT2D eigenvalue weighted by Crippen LogP contribution is -2.41. The number of ether oxygens (including phenoxy) is 1. The molecule has 2 rings (SSSR count). The molecule has 0 aliphatic rings. The first kappa shape index (κ1) is 19.7. The molecule has 0 aliphatic carbocycles. The van der Waals surface area contributed by atoms with Crippen LogP contribution in [0.3, 0.4) is 0 Å². The number of nitrogens with one attached hydrogen (secondary N) is 1. The minimum atomic E-state index is -0.996. The van der Waals surface area contributed by atoms with E-state index in [2.05, 4.69) is 5.32 Å². The molecule has 26 heavy (non-hydrogen) atoms. The van der Waals surface area contributed by atoms with E-state index in [0.29, 0.717) is 6.42 Å². The number of amides is 1. The molecule has 1 amide bonds. The van der Waals surface area contributed by atoms with Crippen molar-refractivity contribution in [3.63, 3.8) is 0 Å². The second-order valence-electron chi connectivity index (χ2n) is 5.80. The van der Waals surface area contributed by atoms with Crippen molar-refractivity contribution in [1.29, 1.82) is 0 Å². The van der Waals surface area contributed by atoms with Crippen LogP contribution in [-0.2, 0) is 16.0 Å². The summed E-state index contributed by atoms with van der Waals surface area (Å²) in [6.45, 7) is 1.47. The first-order chi connectivity index (χ1) is 12.4. The van der Waals surface area contributed by atoms with Gasteiger partial charge in [-0.15, -0.1) is 0 Å². The molecule has 7 heteroatoms. The molecule has 0 saturated carbocycles. The van der Waals surface area contributed by atoms with Gasteiger partial charge in [0.15, 0.2) is 6.10 Å². The summed E-state index contributed by atoms with van der Waals surface area (Å²) in [6, 6.07) is 12.8. The monoisotopic (exact) mass is 379 g/mol. The van der Waals surface area contributed by atoms with E-state index in [9.17, 15) is 19.1 Å². The van der Waals surface area contributed by atoms with Gasteiger partial charge in [0.2, 0.25) is 0 Å². The lowest BCUT2D eigenvalue weighted by atomic mass is 9.99. The van der Waals surface area contributed by atoms with Gasteiger partial charge in [-0.3, -0.25) is 9.59 Å². The molecule has 2 atom stereocenters. The molecule has 0 spiro atoms. The highest BCUT2D eigenvalue weighted by atomic mass is 35.5. The zero-order chi connectivity index (χ0) is 19.1. The van der Waals surface area contributed by atoms with Crippen LogP contribution >= 0.6 is 11.6 Å².